The Kier molecular flexibility index (Phi) is 59.4. The van der Waals surface area contributed by atoms with E-state index >= 15 is 0 Å². The molecular weight excluding hydrogens is 1190 g/mol. The van der Waals surface area contributed by atoms with Gasteiger partial charge >= 0.3 is 39.5 Å². The Morgan fingerprint density at radius 3 is 0.789 bits per heavy atom. The number of hydrogen-bond acceptors (Lipinski definition) is 15. The van der Waals surface area contributed by atoms with Gasteiger partial charge in [0.1, 0.15) is 19.3 Å². The predicted octanol–water partition coefficient (Wildman–Crippen LogP) is 20.1. The van der Waals surface area contributed by atoms with Crippen LogP contribution in [-0.4, -0.2) is 96.7 Å². The van der Waals surface area contributed by atoms with Crippen LogP contribution in [0.2, 0.25) is 0 Å². The zero-order chi connectivity index (χ0) is 66.8. The van der Waals surface area contributed by atoms with Crippen LogP contribution in [0.4, 0.5) is 0 Å². The van der Waals surface area contributed by atoms with Crippen LogP contribution >= 0.6 is 15.6 Å². The number of ether oxygens (including phenoxy) is 4. The lowest BCUT2D eigenvalue weighted by molar-refractivity contribution is -0.161. The molecule has 0 aromatic heterocycles. The van der Waals surface area contributed by atoms with Crippen molar-refractivity contribution in [2.75, 3.05) is 39.6 Å². The van der Waals surface area contributed by atoms with Crippen molar-refractivity contribution in [2.45, 2.75) is 369 Å². The Hall–Kier alpha value is -1.94. The zero-order valence-electron chi connectivity index (χ0n) is 58.8. The van der Waals surface area contributed by atoms with Gasteiger partial charge in [0.15, 0.2) is 12.2 Å². The third-order valence-corrected chi connectivity index (χ3v) is 18.6. The average molecular weight is 1330 g/mol. The molecule has 3 unspecified atom stereocenters. The smallest absolute Gasteiger partial charge is 0.462 e. The van der Waals surface area contributed by atoms with E-state index in [4.69, 9.17) is 37.0 Å². The molecule has 19 heteroatoms. The summed E-state index contributed by atoms with van der Waals surface area (Å²) >= 11 is 0. The number of rotatable bonds is 68. The van der Waals surface area contributed by atoms with Gasteiger partial charge in [-0.2, -0.15) is 0 Å². The highest BCUT2D eigenvalue weighted by atomic mass is 31.2. The van der Waals surface area contributed by atoms with E-state index in [0.717, 1.165) is 120 Å². The number of phosphoric ester groups is 2. The topological polar surface area (TPSA) is 237 Å². The number of phosphoric acid groups is 2. The first kappa shape index (κ1) is 88.1. The molecule has 0 bridgehead atoms. The van der Waals surface area contributed by atoms with E-state index in [2.05, 4.69) is 55.4 Å². The number of aliphatic hydroxyl groups excluding tert-OH is 1. The van der Waals surface area contributed by atoms with Gasteiger partial charge in [0.05, 0.1) is 26.4 Å². The van der Waals surface area contributed by atoms with Gasteiger partial charge in [0.2, 0.25) is 0 Å². The fraction of sp³-hybridized carbons (Fsp3) is 0.944. The number of carbonyl (C=O) groups excluding carboxylic acids is 4. The highest BCUT2D eigenvalue weighted by molar-refractivity contribution is 7.47. The molecule has 0 heterocycles. The lowest BCUT2D eigenvalue weighted by Gasteiger charge is -2.21. The number of carbonyl (C=O) groups is 4. The molecule has 0 aliphatic rings. The first-order valence-electron chi connectivity index (χ1n) is 36.7. The van der Waals surface area contributed by atoms with Crippen LogP contribution in [0.1, 0.15) is 351 Å². The second kappa shape index (κ2) is 60.7. The number of unbranched alkanes of at least 4 members (excludes halogenated alkanes) is 33. The van der Waals surface area contributed by atoms with Crippen molar-refractivity contribution >= 4 is 39.5 Å². The molecule has 0 spiro atoms. The summed E-state index contributed by atoms with van der Waals surface area (Å²) in [6.07, 6.45) is 43.2. The molecule has 0 rings (SSSR count). The summed E-state index contributed by atoms with van der Waals surface area (Å²) in [7, 11) is -9.90. The summed E-state index contributed by atoms with van der Waals surface area (Å²) in [5.41, 5.74) is 0. The van der Waals surface area contributed by atoms with Crippen molar-refractivity contribution in [3.05, 3.63) is 0 Å². The van der Waals surface area contributed by atoms with Crippen molar-refractivity contribution < 1.29 is 80.2 Å². The maximum atomic E-state index is 13.0. The number of hydrogen-bond donors (Lipinski definition) is 3. The van der Waals surface area contributed by atoms with Crippen molar-refractivity contribution in [2.24, 2.45) is 23.7 Å². The molecule has 0 aliphatic heterocycles. The first-order valence-corrected chi connectivity index (χ1v) is 39.7. The number of aliphatic hydroxyl groups is 1. The molecule has 0 aliphatic carbocycles. The Balaban J connectivity index is 5.22. The third kappa shape index (κ3) is 63.5. The molecule has 534 valence electrons. The summed E-state index contributed by atoms with van der Waals surface area (Å²) in [4.78, 5) is 72.5. The molecule has 0 aromatic rings. The van der Waals surface area contributed by atoms with Crippen LogP contribution < -0.4 is 0 Å². The Morgan fingerprint density at radius 1 is 0.311 bits per heavy atom. The molecule has 3 N–H and O–H groups in total. The van der Waals surface area contributed by atoms with Crippen LogP contribution in [-0.2, 0) is 65.4 Å². The van der Waals surface area contributed by atoms with Crippen LogP contribution in [0.3, 0.4) is 0 Å². The maximum Gasteiger partial charge on any atom is 0.472 e. The standard InChI is InChI=1S/C71H138O17P2/c1-9-64(8)50-42-34-29-30-36-44-52-69(74)82-58-67(88-70(75)53-45-37-26-20-16-14-12-10-11-13-15-18-23-31-39-47-61(2)3)60-86-90(79,80)84-56-65(72)55-83-89(77,78)85-59-66(57-81-68(73)51-43-35-28-22-25-33-41-49-63(6)7)87-71(76)54-46-38-27-21-17-19-24-32-40-48-62(4)5/h61-67,72H,9-60H2,1-8H3,(H,77,78)(H,79,80)/t64?,65-,66-,67-/m1/s1. The van der Waals surface area contributed by atoms with E-state index in [-0.39, 0.29) is 25.7 Å². The van der Waals surface area contributed by atoms with Crippen LogP contribution in [0, 0.1) is 23.7 Å². The van der Waals surface area contributed by atoms with Crippen molar-refractivity contribution in [3.63, 3.8) is 0 Å². The van der Waals surface area contributed by atoms with E-state index in [1.165, 1.54) is 141 Å². The molecule has 0 saturated carbocycles. The molecule has 90 heavy (non-hydrogen) atoms. The Labute approximate surface area is 549 Å². The minimum atomic E-state index is -4.95. The fourth-order valence-electron chi connectivity index (χ4n) is 10.6. The average Bonchev–Trinajstić information content (AvgIpc) is 3.71. The van der Waals surface area contributed by atoms with E-state index in [0.29, 0.717) is 31.6 Å². The van der Waals surface area contributed by atoms with Gasteiger partial charge in [0.25, 0.3) is 0 Å². The second-order valence-corrected chi connectivity index (χ2v) is 30.2. The predicted molar refractivity (Wildman–Crippen MR) is 363 cm³/mol. The van der Waals surface area contributed by atoms with E-state index < -0.39 is 97.5 Å². The largest absolute Gasteiger partial charge is 0.472 e. The quantitative estimate of drug-likeness (QED) is 0.0222. The van der Waals surface area contributed by atoms with Gasteiger partial charge in [-0.15, -0.1) is 0 Å². The lowest BCUT2D eigenvalue weighted by atomic mass is 10.00. The maximum absolute atomic E-state index is 13.0. The van der Waals surface area contributed by atoms with Gasteiger partial charge in [-0.25, -0.2) is 9.13 Å². The second-order valence-electron chi connectivity index (χ2n) is 27.3. The van der Waals surface area contributed by atoms with Crippen LogP contribution in [0.5, 0.6) is 0 Å². The Bertz CT molecular complexity index is 1780. The van der Waals surface area contributed by atoms with Crippen molar-refractivity contribution in [1.29, 1.82) is 0 Å². The third-order valence-electron chi connectivity index (χ3n) is 16.7. The summed E-state index contributed by atoms with van der Waals surface area (Å²) in [5, 5.41) is 10.6. The normalized spacial score (nSPS) is 14.6. The molecule has 0 saturated heterocycles. The molecule has 0 radical (unpaired) electrons. The first-order chi connectivity index (χ1) is 43.1. The molecule has 0 aromatic carbocycles. The number of esters is 4. The minimum Gasteiger partial charge on any atom is -0.462 e. The molecular formula is C71H138O17P2. The summed E-state index contributed by atoms with van der Waals surface area (Å²) in [5.74, 6) is 0.844. The van der Waals surface area contributed by atoms with E-state index in [1.807, 2.05) is 0 Å². The fourth-order valence-corrected chi connectivity index (χ4v) is 12.2. The lowest BCUT2D eigenvalue weighted by Crippen LogP contribution is -2.30. The summed E-state index contributed by atoms with van der Waals surface area (Å²) < 4.78 is 68.3. The van der Waals surface area contributed by atoms with Crippen molar-refractivity contribution in [1.82, 2.24) is 0 Å². The summed E-state index contributed by atoms with van der Waals surface area (Å²) in [6.45, 7) is 14.1. The minimum absolute atomic E-state index is 0.104. The zero-order valence-corrected chi connectivity index (χ0v) is 60.6. The summed E-state index contributed by atoms with van der Waals surface area (Å²) in [6, 6.07) is 0. The van der Waals surface area contributed by atoms with E-state index in [9.17, 15) is 43.2 Å². The van der Waals surface area contributed by atoms with Gasteiger partial charge in [-0.3, -0.25) is 37.3 Å². The van der Waals surface area contributed by atoms with Gasteiger partial charge in [-0.05, 0) is 49.4 Å². The highest BCUT2D eigenvalue weighted by Crippen LogP contribution is 2.45. The van der Waals surface area contributed by atoms with Crippen LogP contribution in [0.15, 0.2) is 0 Å². The van der Waals surface area contributed by atoms with Gasteiger partial charge < -0.3 is 33.8 Å². The molecule has 0 fully saturated rings. The SMILES string of the molecule is CCC(C)CCCCCCCCC(=O)OC[C@H](COP(=O)(O)OC[C@H](O)COP(=O)(O)OC[C@@H](COC(=O)CCCCCCCCCC(C)C)OC(=O)CCCCCCCCCCCC(C)C)OC(=O)CCCCCCCCCCCCCCCCCC(C)C. The highest BCUT2D eigenvalue weighted by Gasteiger charge is 2.30. The van der Waals surface area contributed by atoms with Crippen molar-refractivity contribution in [3.8, 4) is 0 Å². The van der Waals surface area contributed by atoms with E-state index in [1.54, 1.807) is 0 Å². The molecule has 17 nitrogen and oxygen atoms in total. The Morgan fingerprint density at radius 2 is 0.533 bits per heavy atom. The van der Waals surface area contributed by atoms with Gasteiger partial charge in [0, 0.05) is 25.7 Å². The monoisotopic (exact) mass is 1320 g/mol. The molecule has 6 atom stereocenters. The van der Waals surface area contributed by atoms with Gasteiger partial charge in [-0.1, -0.05) is 299 Å². The molecule has 0 amide bonds. The van der Waals surface area contributed by atoms with Crippen LogP contribution in [0.25, 0.3) is 0 Å².